The first-order valence-corrected chi connectivity index (χ1v) is 5.28. The molecule has 0 aromatic heterocycles. The Labute approximate surface area is 90.0 Å². The molecule has 1 saturated heterocycles. The molecule has 0 aliphatic carbocycles. The number of hydrogen-bond donors (Lipinski definition) is 2. The van der Waals surface area contributed by atoms with Crippen LogP contribution in [0.3, 0.4) is 0 Å². The van der Waals surface area contributed by atoms with Crippen molar-refractivity contribution in [3.63, 3.8) is 0 Å². The first kappa shape index (κ1) is 11.8. The minimum absolute atomic E-state index is 0.0977. The van der Waals surface area contributed by atoms with Gasteiger partial charge in [-0.05, 0) is 0 Å². The SMILES string of the molecule is CC(CN1CCOCC1CO)C(N)=S. The van der Waals surface area contributed by atoms with Gasteiger partial charge in [-0.2, -0.15) is 0 Å². The molecule has 1 heterocycles. The number of hydrogen-bond acceptors (Lipinski definition) is 4. The minimum Gasteiger partial charge on any atom is -0.395 e. The molecular formula is C9H18N2O2S. The van der Waals surface area contributed by atoms with Gasteiger partial charge >= 0.3 is 0 Å². The number of rotatable bonds is 4. The van der Waals surface area contributed by atoms with E-state index >= 15 is 0 Å². The van der Waals surface area contributed by atoms with Gasteiger partial charge in [-0.1, -0.05) is 19.1 Å². The van der Waals surface area contributed by atoms with E-state index in [1.807, 2.05) is 6.92 Å². The molecule has 0 saturated carbocycles. The van der Waals surface area contributed by atoms with Crippen LogP contribution in [-0.2, 0) is 4.74 Å². The second kappa shape index (κ2) is 5.60. The molecule has 2 unspecified atom stereocenters. The van der Waals surface area contributed by atoms with Gasteiger partial charge in [0.05, 0.1) is 30.9 Å². The Morgan fingerprint density at radius 3 is 3.07 bits per heavy atom. The Balaban J connectivity index is 2.44. The van der Waals surface area contributed by atoms with Crippen molar-refractivity contribution in [3.8, 4) is 0 Å². The summed E-state index contributed by atoms with van der Waals surface area (Å²) in [5.41, 5.74) is 5.55. The minimum atomic E-state index is 0.0977. The highest BCUT2D eigenvalue weighted by atomic mass is 32.1. The Morgan fingerprint density at radius 2 is 2.50 bits per heavy atom. The van der Waals surface area contributed by atoms with Crippen LogP contribution >= 0.6 is 12.2 Å². The van der Waals surface area contributed by atoms with Crippen LogP contribution in [0, 0.1) is 5.92 Å². The molecule has 4 nitrogen and oxygen atoms in total. The van der Waals surface area contributed by atoms with Crippen LogP contribution in [0.4, 0.5) is 0 Å². The molecule has 0 bridgehead atoms. The zero-order valence-electron chi connectivity index (χ0n) is 8.48. The quantitative estimate of drug-likeness (QED) is 0.629. The van der Waals surface area contributed by atoms with E-state index in [1.165, 1.54) is 0 Å². The predicted octanol–water partition coefficient (Wildman–Crippen LogP) is -0.398. The second-order valence-corrected chi connectivity index (χ2v) is 4.18. The van der Waals surface area contributed by atoms with Gasteiger partial charge in [0, 0.05) is 19.0 Å². The molecule has 0 radical (unpaired) electrons. The number of ether oxygens (including phenoxy) is 1. The van der Waals surface area contributed by atoms with E-state index in [9.17, 15) is 0 Å². The average molecular weight is 218 g/mol. The number of nitrogens with two attached hydrogens (primary N) is 1. The maximum atomic E-state index is 9.13. The lowest BCUT2D eigenvalue weighted by Gasteiger charge is -2.35. The van der Waals surface area contributed by atoms with Crippen molar-refractivity contribution in [1.29, 1.82) is 0 Å². The molecule has 3 N–H and O–H groups in total. The Kier molecular flexibility index (Phi) is 4.74. The van der Waals surface area contributed by atoms with Crippen LogP contribution in [-0.4, -0.2) is 53.9 Å². The Hall–Kier alpha value is -0.230. The molecule has 1 rings (SSSR count). The van der Waals surface area contributed by atoms with E-state index < -0.39 is 0 Å². The van der Waals surface area contributed by atoms with Crippen molar-refractivity contribution >= 4 is 17.2 Å². The Morgan fingerprint density at radius 1 is 1.79 bits per heavy atom. The van der Waals surface area contributed by atoms with Crippen LogP contribution < -0.4 is 5.73 Å². The van der Waals surface area contributed by atoms with E-state index in [-0.39, 0.29) is 18.6 Å². The van der Waals surface area contributed by atoms with Gasteiger partial charge in [-0.3, -0.25) is 4.90 Å². The topological polar surface area (TPSA) is 58.7 Å². The molecule has 1 fully saturated rings. The third-order valence-electron chi connectivity index (χ3n) is 2.55. The van der Waals surface area contributed by atoms with E-state index in [4.69, 9.17) is 27.8 Å². The van der Waals surface area contributed by atoms with Crippen molar-refractivity contribution in [3.05, 3.63) is 0 Å². The van der Waals surface area contributed by atoms with E-state index in [0.29, 0.717) is 11.6 Å². The summed E-state index contributed by atoms with van der Waals surface area (Å²) in [6, 6.07) is 0.0977. The fourth-order valence-corrected chi connectivity index (χ4v) is 1.61. The third-order valence-corrected chi connectivity index (χ3v) is 2.96. The maximum Gasteiger partial charge on any atom is 0.0768 e. The molecule has 1 aliphatic rings. The molecule has 0 aromatic rings. The average Bonchev–Trinajstić information content (AvgIpc) is 2.18. The summed E-state index contributed by atoms with van der Waals surface area (Å²) in [5.74, 6) is 0.192. The predicted molar refractivity (Wildman–Crippen MR) is 59.2 cm³/mol. The molecular weight excluding hydrogens is 200 g/mol. The van der Waals surface area contributed by atoms with Crippen molar-refractivity contribution in [2.45, 2.75) is 13.0 Å². The monoisotopic (exact) mass is 218 g/mol. The lowest BCUT2D eigenvalue weighted by Crippen LogP contribution is -2.50. The smallest absolute Gasteiger partial charge is 0.0768 e. The number of aliphatic hydroxyl groups excluding tert-OH is 1. The number of nitrogens with zero attached hydrogens (tertiary/aromatic N) is 1. The van der Waals surface area contributed by atoms with E-state index in [0.717, 1.165) is 19.7 Å². The summed E-state index contributed by atoms with van der Waals surface area (Å²) in [5, 5.41) is 9.13. The fraction of sp³-hybridized carbons (Fsp3) is 0.889. The van der Waals surface area contributed by atoms with E-state index in [2.05, 4.69) is 4.90 Å². The molecule has 14 heavy (non-hydrogen) atoms. The molecule has 5 heteroatoms. The molecule has 0 spiro atoms. The molecule has 82 valence electrons. The van der Waals surface area contributed by atoms with Crippen molar-refractivity contribution in [2.24, 2.45) is 11.7 Å². The summed E-state index contributed by atoms with van der Waals surface area (Å²) in [6.45, 7) is 5.11. The summed E-state index contributed by atoms with van der Waals surface area (Å²) in [4.78, 5) is 2.72. The standard InChI is InChI=1S/C9H18N2O2S/c1-7(9(10)14)4-11-2-3-13-6-8(11)5-12/h7-8,12H,2-6H2,1H3,(H2,10,14). The highest BCUT2D eigenvalue weighted by molar-refractivity contribution is 7.80. The number of morpholine rings is 1. The maximum absolute atomic E-state index is 9.13. The van der Waals surface area contributed by atoms with Gasteiger partial charge in [-0.15, -0.1) is 0 Å². The van der Waals surface area contributed by atoms with Crippen molar-refractivity contribution in [1.82, 2.24) is 4.90 Å². The van der Waals surface area contributed by atoms with Crippen molar-refractivity contribution < 1.29 is 9.84 Å². The molecule has 1 aliphatic heterocycles. The lowest BCUT2D eigenvalue weighted by atomic mass is 10.1. The molecule has 0 amide bonds. The normalized spacial score (nSPS) is 26.0. The Bertz CT molecular complexity index is 201. The molecule has 2 atom stereocenters. The van der Waals surface area contributed by atoms with Gasteiger partial charge in [0.15, 0.2) is 0 Å². The van der Waals surface area contributed by atoms with Gasteiger partial charge in [0.1, 0.15) is 0 Å². The van der Waals surface area contributed by atoms with Gasteiger partial charge in [-0.25, -0.2) is 0 Å². The molecule has 0 aromatic carbocycles. The van der Waals surface area contributed by atoms with Crippen LogP contribution in [0.2, 0.25) is 0 Å². The summed E-state index contributed by atoms with van der Waals surface area (Å²) < 4.78 is 5.28. The number of thiocarbonyl (C=S) groups is 1. The summed E-state index contributed by atoms with van der Waals surface area (Å²) >= 11 is 4.92. The van der Waals surface area contributed by atoms with E-state index in [1.54, 1.807) is 0 Å². The van der Waals surface area contributed by atoms with Crippen molar-refractivity contribution in [2.75, 3.05) is 32.9 Å². The lowest BCUT2D eigenvalue weighted by molar-refractivity contribution is -0.0296. The summed E-state index contributed by atoms with van der Waals surface area (Å²) in [6.07, 6.45) is 0. The second-order valence-electron chi connectivity index (χ2n) is 3.71. The van der Waals surface area contributed by atoms with Crippen LogP contribution in [0.25, 0.3) is 0 Å². The van der Waals surface area contributed by atoms with Crippen LogP contribution in [0.15, 0.2) is 0 Å². The highest BCUT2D eigenvalue weighted by Gasteiger charge is 2.24. The first-order chi connectivity index (χ1) is 6.65. The van der Waals surface area contributed by atoms with Gasteiger partial charge in [0.2, 0.25) is 0 Å². The summed E-state index contributed by atoms with van der Waals surface area (Å²) in [7, 11) is 0. The zero-order valence-corrected chi connectivity index (χ0v) is 9.30. The van der Waals surface area contributed by atoms with Crippen LogP contribution in [0.1, 0.15) is 6.92 Å². The fourth-order valence-electron chi connectivity index (χ4n) is 1.54. The number of aliphatic hydroxyl groups is 1. The largest absolute Gasteiger partial charge is 0.395 e. The van der Waals surface area contributed by atoms with Gasteiger partial charge < -0.3 is 15.6 Å². The zero-order chi connectivity index (χ0) is 10.6. The first-order valence-electron chi connectivity index (χ1n) is 4.87. The van der Waals surface area contributed by atoms with Crippen LogP contribution in [0.5, 0.6) is 0 Å². The third kappa shape index (κ3) is 3.16. The highest BCUT2D eigenvalue weighted by Crippen LogP contribution is 2.09. The van der Waals surface area contributed by atoms with Gasteiger partial charge in [0.25, 0.3) is 0 Å².